The van der Waals surface area contributed by atoms with Crippen molar-refractivity contribution in [1.29, 1.82) is 0 Å². The van der Waals surface area contributed by atoms with Gasteiger partial charge in [-0.2, -0.15) is 0 Å². The number of halogens is 2. The number of nitrogens with one attached hydrogen (secondary N) is 1. The second-order valence-corrected chi connectivity index (χ2v) is 3.79. The molecule has 0 spiro atoms. The van der Waals surface area contributed by atoms with Crippen molar-refractivity contribution >= 4 is 11.6 Å². The van der Waals surface area contributed by atoms with Crippen LogP contribution in [0.2, 0.25) is 5.02 Å². The molecule has 1 fully saturated rings. The molecule has 1 heterocycles. The summed E-state index contributed by atoms with van der Waals surface area (Å²) in [6.45, 7) is 1.92. The largest absolute Gasteiger partial charge is 0.378 e. The van der Waals surface area contributed by atoms with Crippen LogP contribution in [0.5, 0.6) is 0 Å². The number of benzene rings is 1. The van der Waals surface area contributed by atoms with Gasteiger partial charge in [-0.05, 0) is 18.2 Å². The maximum atomic E-state index is 13.2. The van der Waals surface area contributed by atoms with Crippen molar-refractivity contribution in [2.75, 3.05) is 13.2 Å². The molecule has 0 saturated carbocycles. The Labute approximate surface area is 87.0 Å². The van der Waals surface area contributed by atoms with Crippen LogP contribution in [0.15, 0.2) is 18.2 Å². The molecule has 0 aromatic heterocycles. The van der Waals surface area contributed by atoms with Crippen molar-refractivity contribution in [3.8, 4) is 0 Å². The summed E-state index contributed by atoms with van der Waals surface area (Å²) in [5.74, 6) is -0.220. The minimum Gasteiger partial charge on any atom is -0.378 e. The molecule has 1 N–H and O–H groups in total. The number of rotatable bonds is 3. The van der Waals surface area contributed by atoms with E-state index in [1.165, 1.54) is 6.07 Å². The number of hydrogen-bond acceptors (Lipinski definition) is 2. The fourth-order valence-electron chi connectivity index (χ4n) is 1.29. The highest BCUT2D eigenvalue weighted by molar-refractivity contribution is 6.30. The molecule has 14 heavy (non-hydrogen) atoms. The fourth-order valence-corrected chi connectivity index (χ4v) is 1.48. The molecule has 2 rings (SSSR count). The third kappa shape index (κ3) is 2.23. The molecule has 1 aromatic rings. The third-order valence-corrected chi connectivity index (χ3v) is 2.46. The van der Waals surface area contributed by atoms with E-state index in [0.717, 1.165) is 0 Å². The van der Waals surface area contributed by atoms with Crippen molar-refractivity contribution < 1.29 is 9.13 Å². The maximum absolute atomic E-state index is 13.2. The van der Waals surface area contributed by atoms with E-state index in [1.807, 2.05) is 0 Å². The molecule has 76 valence electrons. The average molecular weight is 216 g/mol. The lowest BCUT2D eigenvalue weighted by molar-refractivity contribution is -0.00588. The SMILES string of the molecule is Fc1ccc(Cl)cc1CNC1COC1. The zero-order valence-corrected chi connectivity index (χ0v) is 8.35. The van der Waals surface area contributed by atoms with E-state index in [-0.39, 0.29) is 5.82 Å². The van der Waals surface area contributed by atoms with Crippen LogP contribution >= 0.6 is 11.6 Å². The fraction of sp³-hybridized carbons (Fsp3) is 0.400. The van der Waals surface area contributed by atoms with Gasteiger partial charge in [-0.3, -0.25) is 0 Å². The average Bonchev–Trinajstić information content (AvgIpc) is 2.08. The van der Waals surface area contributed by atoms with Crippen molar-refractivity contribution in [3.05, 3.63) is 34.6 Å². The Morgan fingerprint density at radius 3 is 2.93 bits per heavy atom. The van der Waals surface area contributed by atoms with Gasteiger partial charge in [0.25, 0.3) is 0 Å². The summed E-state index contributed by atoms with van der Waals surface area (Å²) in [6, 6.07) is 4.93. The van der Waals surface area contributed by atoms with E-state index in [0.29, 0.717) is 36.4 Å². The van der Waals surface area contributed by atoms with Crippen LogP contribution < -0.4 is 5.32 Å². The standard InChI is InChI=1S/C10H11ClFNO/c11-8-1-2-10(12)7(3-8)4-13-9-5-14-6-9/h1-3,9,13H,4-6H2. The molecule has 0 atom stereocenters. The normalized spacial score (nSPS) is 16.7. The van der Waals surface area contributed by atoms with Crippen molar-refractivity contribution in [2.45, 2.75) is 12.6 Å². The summed E-state index contributed by atoms with van der Waals surface area (Å²) in [4.78, 5) is 0. The lowest BCUT2D eigenvalue weighted by atomic mass is 10.2. The van der Waals surface area contributed by atoms with Gasteiger partial charge in [-0.1, -0.05) is 11.6 Å². The van der Waals surface area contributed by atoms with Gasteiger partial charge in [0.1, 0.15) is 5.82 Å². The number of ether oxygens (including phenoxy) is 1. The first-order valence-electron chi connectivity index (χ1n) is 4.51. The zero-order valence-electron chi connectivity index (χ0n) is 7.59. The summed E-state index contributed by atoms with van der Waals surface area (Å²) < 4.78 is 18.2. The highest BCUT2D eigenvalue weighted by Crippen LogP contribution is 2.15. The van der Waals surface area contributed by atoms with Crippen molar-refractivity contribution in [3.63, 3.8) is 0 Å². The van der Waals surface area contributed by atoms with Crippen LogP contribution in [-0.4, -0.2) is 19.3 Å². The molecule has 1 aliphatic rings. The van der Waals surface area contributed by atoms with Crippen LogP contribution in [0.4, 0.5) is 4.39 Å². The first-order valence-corrected chi connectivity index (χ1v) is 4.88. The smallest absolute Gasteiger partial charge is 0.127 e. The molecular weight excluding hydrogens is 205 g/mol. The van der Waals surface area contributed by atoms with E-state index in [1.54, 1.807) is 12.1 Å². The Bertz CT molecular complexity index is 328. The first kappa shape index (κ1) is 9.90. The molecule has 0 radical (unpaired) electrons. The molecule has 2 nitrogen and oxygen atoms in total. The van der Waals surface area contributed by atoms with Gasteiger partial charge in [-0.15, -0.1) is 0 Å². The van der Waals surface area contributed by atoms with E-state index < -0.39 is 0 Å². The number of hydrogen-bond donors (Lipinski definition) is 1. The molecule has 0 amide bonds. The molecule has 4 heteroatoms. The van der Waals surface area contributed by atoms with Gasteiger partial charge in [0.2, 0.25) is 0 Å². The second-order valence-electron chi connectivity index (χ2n) is 3.35. The highest BCUT2D eigenvalue weighted by atomic mass is 35.5. The summed E-state index contributed by atoms with van der Waals surface area (Å²) >= 11 is 5.76. The van der Waals surface area contributed by atoms with E-state index >= 15 is 0 Å². The Hall–Kier alpha value is -0.640. The van der Waals surface area contributed by atoms with Gasteiger partial charge >= 0.3 is 0 Å². The van der Waals surface area contributed by atoms with Gasteiger partial charge in [0.15, 0.2) is 0 Å². The molecule has 1 saturated heterocycles. The third-order valence-electron chi connectivity index (χ3n) is 2.23. The molecular formula is C10H11ClFNO. The van der Waals surface area contributed by atoms with Crippen LogP contribution in [-0.2, 0) is 11.3 Å². The molecule has 1 aliphatic heterocycles. The second kappa shape index (κ2) is 4.26. The predicted molar refractivity (Wildman–Crippen MR) is 52.9 cm³/mol. The van der Waals surface area contributed by atoms with Crippen molar-refractivity contribution in [2.24, 2.45) is 0 Å². The van der Waals surface area contributed by atoms with Crippen LogP contribution in [0.25, 0.3) is 0 Å². The Kier molecular flexibility index (Phi) is 3.01. The molecule has 0 unspecified atom stereocenters. The van der Waals surface area contributed by atoms with E-state index in [9.17, 15) is 4.39 Å². The molecule has 0 aliphatic carbocycles. The lowest BCUT2D eigenvalue weighted by Crippen LogP contribution is -2.45. The lowest BCUT2D eigenvalue weighted by Gasteiger charge is -2.27. The maximum Gasteiger partial charge on any atom is 0.127 e. The minimum absolute atomic E-state index is 0.220. The topological polar surface area (TPSA) is 21.3 Å². The van der Waals surface area contributed by atoms with Gasteiger partial charge in [0, 0.05) is 17.1 Å². The summed E-state index contributed by atoms with van der Waals surface area (Å²) in [6.07, 6.45) is 0. The molecule has 0 bridgehead atoms. The van der Waals surface area contributed by atoms with Gasteiger partial charge in [-0.25, -0.2) is 4.39 Å². The quantitative estimate of drug-likeness (QED) is 0.833. The van der Waals surface area contributed by atoms with Gasteiger partial charge in [0.05, 0.1) is 19.3 Å². The monoisotopic (exact) mass is 215 g/mol. The Balaban J connectivity index is 1.96. The van der Waals surface area contributed by atoms with E-state index in [4.69, 9.17) is 16.3 Å². The summed E-state index contributed by atoms with van der Waals surface area (Å²) in [5, 5.41) is 3.74. The predicted octanol–water partition coefficient (Wildman–Crippen LogP) is 1.97. The summed E-state index contributed by atoms with van der Waals surface area (Å²) in [7, 11) is 0. The Morgan fingerprint density at radius 2 is 2.29 bits per heavy atom. The van der Waals surface area contributed by atoms with Crippen molar-refractivity contribution in [1.82, 2.24) is 5.32 Å². The Morgan fingerprint density at radius 1 is 1.50 bits per heavy atom. The van der Waals surface area contributed by atoms with Crippen LogP contribution in [0.1, 0.15) is 5.56 Å². The van der Waals surface area contributed by atoms with E-state index in [2.05, 4.69) is 5.32 Å². The highest BCUT2D eigenvalue weighted by Gasteiger charge is 2.17. The molecule has 1 aromatic carbocycles. The first-order chi connectivity index (χ1) is 6.75. The van der Waals surface area contributed by atoms with Gasteiger partial charge < -0.3 is 10.1 Å². The van der Waals surface area contributed by atoms with Crippen LogP contribution in [0, 0.1) is 5.82 Å². The summed E-state index contributed by atoms with van der Waals surface area (Å²) in [5.41, 5.74) is 0.601. The zero-order chi connectivity index (χ0) is 9.97. The minimum atomic E-state index is -0.220. The van der Waals surface area contributed by atoms with Crippen LogP contribution in [0.3, 0.4) is 0 Å².